The van der Waals surface area contributed by atoms with Gasteiger partial charge in [0, 0.05) is 30.5 Å². The summed E-state index contributed by atoms with van der Waals surface area (Å²) in [5.41, 5.74) is 1.45. The van der Waals surface area contributed by atoms with Crippen molar-refractivity contribution in [1.82, 2.24) is 20.0 Å². The SMILES string of the molecule is CCNC(CCc1ccnn1C)C(C)(C)N(C)C. The first-order valence-corrected chi connectivity index (χ1v) is 6.77. The highest BCUT2D eigenvalue weighted by Gasteiger charge is 2.30. The van der Waals surface area contributed by atoms with Gasteiger partial charge in [-0.25, -0.2) is 0 Å². The van der Waals surface area contributed by atoms with Crippen molar-refractivity contribution in [1.29, 1.82) is 0 Å². The summed E-state index contributed by atoms with van der Waals surface area (Å²) in [5.74, 6) is 0. The first-order valence-electron chi connectivity index (χ1n) is 6.77. The van der Waals surface area contributed by atoms with Crippen LogP contribution < -0.4 is 5.32 Å². The predicted molar refractivity (Wildman–Crippen MR) is 76.8 cm³/mol. The van der Waals surface area contributed by atoms with Gasteiger partial charge in [-0.3, -0.25) is 4.68 Å². The molecular weight excluding hydrogens is 224 g/mol. The lowest BCUT2D eigenvalue weighted by Crippen LogP contribution is -2.55. The molecule has 18 heavy (non-hydrogen) atoms. The first-order chi connectivity index (χ1) is 8.39. The quantitative estimate of drug-likeness (QED) is 0.801. The van der Waals surface area contributed by atoms with Crippen LogP contribution in [0.4, 0.5) is 0 Å². The van der Waals surface area contributed by atoms with E-state index in [2.05, 4.69) is 56.2 Å². The lowest BCUT2D eigenvalue weighted by molar-refractivity contribution is 0.133. The maximum atomic E-state index is 4.22. The Labute approximate surface area is 111 Å². The minimum Gasteiger partial charge on any atom is -0.312 e. The van der Waals surface area contributed by atoms with Gasteiger partial charge in [-0.2, -0.15) is 5.10 Å². The molecule has 104 valence electrons. The van der Waals surface area contributed by atoms with Crippen molar-refractivity contribution in [2.45, 2.75) is 45.2 Å². The number of nitrogens with zero attached hydrogens (tertiary/aromatic N) is 3. The van der Waals surface area contributed by atoms with Gasteiger partial charge in [-0.15, -0.1) is 0 Å². The molecule has 0 bridgehead atoms. The standard InChI is InChI=1S/C14H28N4/c1-7-15-13(14(2,3)17(4)5)9-8-12-10-11-16-18(12)6/h10-11,13,15H,7-9H2,1-6H3. The third-order valence-electron chi connectivity index (χ3n) is 4.07. The lowest BCUT2D eigenvalue weighted by Gasteiger charge is -2.40. The van der Waals surface area contributed by atoms with Crippen molar-refractivity contribution in [3.05, 3.63) is 18.0 Å². The molecule has 1 aromatic heterocycles. The summed E-state index contributed by atoms with van der Waals surface area (Å²) < 4.78 is 1.96. The third kappa shape index (κ3) is 3.56. The summed E-state index contributed by atoms with van der Waals surface area (Å²) in [6, 6.07) is 2.58. The smallest absolute Gasteiger partial charge is 0.0492 e. The maximum absolute atomic E-state index is 4.22. The highest BCUT2D eigenvalue weighted by Crippen LogP contribution is 2.20. The van der Waals surface area contributed by atoms with Crippen molar-refractivity contribution in [2.24, 2.45) is 7.05 Å². The number of hydrogen-bond donors (Lipinski definition) is 1. The van der Waals surface area contributed by atoms with Crippen LogP contribution in [0.5, 0.6) is 0 Å². The molecule has 1 aromatic rings. The van der Waals surface area contributed by atoms with E-state index in [4.69, 9.17) is 0 Å². The largest absolute Gasteiger partial charge is 0.312 e. The highest BCUT2D eigenvalue weighted by atomic mass is 15.3. The number of hydrogen-bond acceptors (Lipinski definition) is 3. The van der Waals surface area contributed by atoms with Gasteiger partial charge in [-0.1, -0.05) is 6.92 Å². The normalized spacial score (nSPS) is 14.2. The van der Waals surface area contributed by atoms with Crippen molar-refractivity contribution in [3.8, 4) is 0 Å². The van der Waals surface area contributed by atoms with E-state index < -0.39 is 0 Å². The van der Waals surface area contributed by atoms with Crippen LogP contribution in [-0.2, 0) is 13.5 Å². The summed E-state index contributed by atoms with van der Waals surface area (Å²) in [5, 5.41) is 7.84. The molecule has 0 fully saturated rings. The Balaban J connectivity index is 2.66. The Hall–Kier alpha value is -0.870. The summed E-state index contributed by atoms with van der Waals surface area (Å²) >= 11 is 0. The van der Waals surface area contributed by atoms with Gasteiger partial charge >= 0.3 is 0 Å². The van der Waals surface area contributed by atoms with Crippen LogP contribution in [-0.4, -0.2) is 46.9 Å². The van der Waals surface area contributed by atoms with Crippen molar-refractivity contribution < 1.29 is 0 Å². The second-order valence-corrected chi connectivity index (χ2v) is 5.64. The summed E-state index contributed by atoms with van der Waals surface area (Å²) in [6.07, 6.45) is 4.05. The molecule has 0 aromatic carbocycles. The van der Waals surface area contributed by atoms with Gasteiger partial charge in [0.1, 0.15) is 0 Å². The van der Waals surface area contributed by atoms with Gasteiger partial charge in [0.2, 0.25) is 0 Å². The second kappa shape index (κ2) is 6.34. The molecule has 0 spiro atoms. The third-order valence-corrected chi connectivity index (χ3v) is 4.07. The fraction of sp³-hybridized carbons (Fsp3) is 0.786. The van der Waals surface area contributed by atoms with E-state index >= 15 is 0 Å². The molecule has 0 amide bonds. The molecule has 0 saturated heterocycles. The fourth-order valence-electron chi connectivity index (χ4n) is 2.20. The van der Waals surface area contributed by atoms with Gasteiger partial charge in [0.05, 0.1) is 0 Å². The Kier molecular flexibility index (Phi) is 5.35. The van der Waals surface area contributed by atoms with Crippen LogP contribution in [0.25, 0.3) is 0 Å². The van der Waals surface area contributed by atoms with Crippen molar-refractivity contribution >= 4 is 0 Å². The molecule has 0 aliphatic carbocycles. The van der Waals surface area contributed by atoms with Crippen molar-refractivity contribution in [3.63, 3.8) is 0 Å². The highest BCUT2D eigenvalue weighted by molar-refractivity contribution is 5.02. The average Bonchev–Trinajstić information content (AvgIpc) is 2.69. The van der Waals surface area contributed by atoms with Crippen LogP contribution >= 0.6 is 0 Å². The number of aryl methyl sites for hydroxylation is 2. The van der Waals surface area contributed by atoms with E-state index in [9.17, 15) is 0 Å². The first kappa shape index (κ1) is 15.2. The van der Waals surface area contributed by atoms with E-state index in [0.29, 0.717) is 6.04 Å². The van der Waals surface area contributed by atoms with Gasteiger partial charge in [0.25, 0.3) is 0 Å². The summed E-state index contributed by atoms with van der Waals surface area (Å²) in [6.45, 7) is 7.77. The molecule has 4 heteroatoms. The van der Waals surface area contributed by atoms with E-state index in [1.165, 1.54) is 5.69 Å². The summed E-state index contributed by atoms with van der Waals surface area (Å²) in [4.78, 5) is 2.30. The maximum Gasteiger partial charge on any atom is 0.0492 e. The molecule has 1 unspecified atom stereocenters. The zero-order valence-corrected chi connectivity index (χ0v) is 12.7. The molecule has 0 radical (unpaired) electrons. The monoisotopic (exact) mass is 252 g/mol. The number of rotatable bonds is 7. The molecule has 1 rings (SSSR count). The predicted octanol–water partition coefficient (Wildman–Crippen LogP) is 1.67. The molecule has 4 nitrogen and oxygen atoms in total. The Bertz CT molecular complexity index is 354. The van der Waals surface area contributed by atoms with Crippen LogP contribution in [0.3, 0.4) is 0 Å². The van der Waals surface area contributed by atoms with E-state index in [0.717, 1.165) is 19.4 Å². The zero-order valence-electron chi connectivity index (χ0n) is 12.7. The van der Waals surface area contributed by atoms with Gasteiger partial charge in [-0.05, 0) is 53.4 Å². The zero-order chi connectivity index (χ0) is 13.8. The number of nitrogens with one attached hydrogen (secondary N) is 1. The molecular formula is C14H28N4. The summed E-state index contributed by atoms with van der Waals surface area (Å²) in [7, 11) is 6.30. The molecule has 1 atom stereocenters. The van der Waals surface area contributed by atoms with Gasteiger partial charge in [0.15, 0.2) is 0 Å². The van der Waals surface area contributed by atoms with E-state index in [-0.39, 0.29) is 5.54 Å². The van der Waals surface area contributed by atoms with Crippen LogP contribution in [0.1, 0.15) is 32.9 Å². The second-order valence-electron chi connectivity index (χ2n) is 5.64. The topological polar surface area (TPSA) is 33.1 Å². The van der Waals surface area contributed by atoms with Crippen LogP contribution in [0, 0.1) is 0 Å². The number of likely N-dealkylation sites (N-methyl/N-ethyl adjacent to an activating group) is 2. The Morgan fingerprint density at radius 1 is 1.44 bits per heavy atom. The minimum absolute atomic E-state index is 0.147. The van der Waals surface area contributed by atoms with Crippen molar-refractivity contribution in [2.75, 3.05) is 20.6 Å². The Morgan fingerprint density at radius 3 is 2.56 bits per heavy atom. The fourth-order valence-corrected chi connectivity index (χ4v) is 2.20. The van der Waals surface area contributed by atoms with Gasteiger partial charge < -0.3 is 10.2 Å². The molecule has 0 aliphatic rings. The number of aromatic nitrogens is 2. The lowest BCUT2D eigenvalue weighted by atomic mass is 9.89. The average molecular weight is 252 g/mol. The van der Waals surface area contributed by atoms with E-state index in [1.54, 1.807) is 0 Å². The molecule has 0 aliphatic heterocycles. The van der Waals surface area contributed by atoms with Crippen LogP contribution in [0.2, 0.25) is 0 Å². The Morgan fingerprint density at radius 2 is 2.11 bits per heavy atom. The van der Waals surface area contributed by atoms with E-state index in [1.807, 2.05) is 17.9 Å². The van der Waals surface area contributed by atoms with Crippen LogP contribution in [0.15, 0.2) is 12.3 Å². The molecule has 1 heterocycles. The molecule has 1 N–H and O–H groups in total. The minimum atomic E-state index is 0.147. The molecule has 0 saturated carbocycles.